The van der Waals surface area contributed by atoms with Gasteiger partial charge in [0.25, 0.3) is 5.91 Å². The van der Waals surface area contributed by atoms with Crippen LogP contribution in [0.3, 0.4) is 0 Å². The van der Waals surface area contributed by atoms with E-state index in [4.69, 9.17) is 4.74 Å². The van der Waals surface area contributed by atoms with Crippen molar-refractivity contribution in [1.82, 2.24) is 0 Å². The third kappa shape index (κ3) is 4.57. The molecule has 0 unspecified atom stereocenters. The fourth-order valence-electron chi connectivity index (χ4n) is 1.61. The Morgan fingerprint density at radius 2 is 1.95 bits per heavy atom. The van der Waals surface area contributed by atoms with Gasteiger partial charge in [0.05, 0.1) is 0 Å². The summed E-state index contributed by atoms with van der Waals surface area (Å²) in [6.45, 7) is -0.279. The molecule has 21 heavy (non-hydrogen) atoms. The number of thiophene rings is 1. The lowest BCUT2D eigenvalue weighted by Crippen LogP contribution is -2.30. The third-order valence-corrected chi connectivity index (χ3v) is 3.62. The molecule has 0 N–H and O–H groups in total. The van der Waals surface area contributed by atoms with Crippen molar-refractivity contribution >= 4 is 35.0 Å². The number of hydrogen-bond acceptors (Lipinski definition) is 4. The number of rotatable bonds is 5. The average molecular weight is 301 g/mol. The van der Waals surface area contributed by atoms with Crippen molar-refractivity contribution in [2.75, 3.05) is 18.6 Å². The standard InChI is InChI=1S/C16H15NO3S/c1-17(13-6-3-2-4-7-13)15(18)12-20-16(19)10-9-14-8-5-11-21-14/h2-11H,12H2,1H3/b10-9+. The molecule has 108 valence electrons. The van der Waals surface area contributed by atoms with E-state index >= 15 is 0 Å². The summed E-state index contributed by atoms with van der Waals surface area (Å²) in [7, 11) is 1.65. The van der Waals surface area contributed by atoms with Crippen molar-refractivity contribution < 1.29 is 14.3 Å². The summed E-state index contributed by atoms with van der Waals surface area (Å²) in [5, 5.41) is 1.92. The largest absolute Gasteiger partial charge is 0.452 e. The Morgan fingerprint density at radius 3 is 2.62 bits per heavy atom. The van der Waals surface area contributed by atoms with Crippen LogP contribution in [0.25, 0.3) is 6.08 Å². The maximum Gasteiger partial charge on any atom is 0.331 e. The van der Waals surface area contributed by atoms with E-state index in [9.17, 15) is 9.59 Å². The molecular formula is C16H15NO3S. The molecule has 1 amide bonds. The van der Waals surface area contributed by atoms with Crippen LogP contribution in [0.5, 0.6) is 0 Å². The number of carbonyl (C=O) groups excluding carboxylic acids is 2. The first-order chi connectivity index (χ1) is 10.2. The van der Waals surface area contributed by atoms with Gasteiger partial charge in [0, 0.05) is 23.7 Å². The zero-order chi connectivity index (χ0) is 15.1. The molecular weight excluding hydrogens is 286 g/mol. The molecule has 1 aromatic carbocycles. The average Bonchev–Trinajstić information content (AvgIpc) is 3.04. The smallest absolute Gasteiger partial charge is 0.331 e. The molecule has 2 rings (SSSR count). The molecule has 0 saturated carbocycles. The van der Waals surface area contributed by atoms with Crippen LogP contribution >= 0.6 is 11.3 Å². The third-order valence-electron chi connectivity index (χ3n) is 2.78. The molecule has 0 aliphatic carbocycles. The number of para-hydroxylation sites is 1. The zero-order valence-electron chi connectivity index (χ0n) is 11.6. The highest BCUT2D eigenvalue weighted by atomic mass is 32.1. The highest BCUT2D eigenvalue weighted by Gasteiger charge is 2.12. The fourth-order valence-corrected chi connectivity index (χ4v) is 2.23. The molecule has 0 bridgehead atoms. The number of nitrogens with zero attached hydrogens (tertiary/aromatic N) is 1. The van der Waals surface area contributed by atoms with E-state index in [-0.39, 0.29) is 12.5 Å². The second kappa shape index (κ2) is 7.40. The molecule has 1 heterocycles. The van der Waals surface area contributed by atoms with Crippen molar-refractivity contribution in [1.29, 1.82) is 0 Å². The first-order valence-corrected chi connectivity index (χ1v) is 7.25. The highest BCUT2D eigenvalue weighted by molar-refractivity contribution is 7.10. The summed E-state index contributed by atoms with van der Waals surface area (Å²) in [5.41, 5.74) is 0.757. The maximum absolute atomic E-state index is 11.9. The molecule has 0 radical (unpaired) electrons. The van der Waals surface area contributed by atoms with Gasteiger partial charge in [-0.15, -0.1) is 11.3 Å². The van der Waals surface area contributed by atoms with Crippen LogP contribution in [0.2, 0.25) is 0 Å². The number of anilines is 1. The van der Waals surface area contributed by atoms with Crippen LogP contribution in [-0.4, -0.2) is 25.5 Å². The Balaban J connectivity index is 1.82. The van der Waals surface area contributed by atoms with E-state index < -0.39 is 5.97 Å². The SMILES string of the molecule is CN(C(=O)COC(=O)/C=C/c1cccs1)c1ccccc1. The summed E-state index contributed by atoms with van der Waals surface area (Å²) < 4.78 is 4.93. The van der Waals surface area contributed by atoms with Crippen molar-refractivity contribution in [3.05, 3.63) is 58.8 Å². The van der Waals surface area contributed by atoms with Gasteiger partial charge in [-0.3, -0.25) is 4.79 Å². The Morgan fingerprint density at radius 1 is 1.19 bits per heavy atom. The van der Waals surface area contributed by atoms with E-state index in [1.54, 1.807) is 13.1 Å². The molecule has 5 heteroatoms. The fraction of sp³-hybridized carbons (Fsp3) is 0.125. The minimum Gasteiger partial charge on any atom is -0.452 e. The Bertz CT molecular complexity index is 620. The van der Waals surface area contributed by atoms with E-state index in [1.807, 2.05) is 47.8 Å². The van der Waals surface area contributed by atoms with Gasteiger partial charge in [-0.25, -0.2) is 4.79 Å². The molecule has 4 nitrogen and oxygen atoms in total. The molecule has 0 aliphatic heterocycles. The van der Waals surface area contributed by atoms with Crippen LogP contribution in [-0.2, 0) is 14.3 Å². The Labute approximate surface area is 127 Å². The van der Waals surface area contributed by atoms with Gasteiger partial charge in [-0.1, -0.05) is 24.3 Å². The number of carbonyl (C=O) groups is 2. The van der Waals surface area contributed by atoms with Crippen LogP contribution in [0.15, 0.2) is 53.9 Å². The normalized spacial score (nSPS) is 10.5. The van der Waals surface area contributed by atoms with E-state index in [0.29, 0.717) is 0 Å². The molecule has 0 saturated heterocycles. The number of likely N-dealkylation sites (N-methyl/N-ethyl adjacent to an activating group) is 1. The van der Waals surface area contributed by atoms with Crippen molar-refractivity contribution in [3.8, 4) is 0 Å². The van der Waals surface area contributed by atoms with Gasteiger partial charge in [0.15, 0.2) is 6.61 Å². The van der Waals surface area contributed by atoms with Crippen molar-refractivity contribution in [2.45, 2.75) is 0 Å². The quantitative estimate of drug-likeness (QED) is 0.630. The lowest BCUT2D eigenvalue weighted by atomic mass is 10.3. The van der Waals surface area contributed by atoms with Crippen LogP contribution in [0.4, 0.5) is 5.69 Å². The highest BCUT2D eigenvalue weighted by Crippen LogP contribution is 2.12. The minimum atomic E-state index is -0.529. The van der Waals surface area contributed by atoms with Gasteiger partial charge < -0.3 is 9.64 Å². The first kappa shape index (κ1) is 15.0. The van der Waals surface area contributed by atoms with Crippen LogP contribution in [0, 0.1) is 0 Å². The number of amides is 1. The second-order valence-corrected chi connectivity index (χ2v) is 5.22. The number of ether oxygens (including phenoxy) is 1. The van der Waals surface area contributed by atoms with Crippen LogP contribution < -0.4 is 4.90 Å². The summed E-state index contributed by atoms with van der Waals surface area (Å²) in [4.78, 5) is 25.8. The van der Waals surface area contributed by atoms with Gasteiger partial charge in [-0.2, -0.15) is 0 Å². The van der Waals surface area contributed by atoms with E-state index in [2.05, 4.69) is 0 Å². The first-order valence-electron chi connectivity index (χ1n) is 6.37. The summed E-state index contributed by atoms with van der Waals surface area (Å²) >= 11 is 1.52. The van der Waals surface area contributed by atoms with E-state index in [0.717, 1.165) is 10.6 Å². The topological polar surface area (TPSA) is 46.6 Å². The maximum atomic E-state index is 11.9. The number of benzene rings is 1. The Hall–Kier alpha value is -2.40. The predicted molar refractivity (Wildman–Crippen MR) is 84.2 cm³/mol. The molecule has 0 aliphatic rings. The summed E-state index contributed by atoms with van der Waals surface area (Å²) in [5.74, 6) is -0.808. The number of esters is 1. The van der Waals surface area contributed by atoms with Gasteiger partial charge in [-0.05, 0) is 29.7 Å². The molecule has 1 aromatic heterocycles. The minimum absolute atomic E-state index is 0.279. The molecule has 0 atom stereocenters. The Kier molecular flexibility index (Phi) is 5.29. The lowest BCUT2D eigenvalue weighted by molar-refractivity contribution is -0.142. The van der Waals surface area contributed by atoms with Crippen molar-refractivity contribution in [3.63, 3.8) is 0 Å². The summed E-state index contributed by atoms with van der Waals surface area (Å²) in [6.07, 6.45) is 2.99. The van der Waals surface area contributed by atoms with E-state index in [1.165, 1.54) is 22.3 Å². The van der Waals surface area contributed by atoms with Gasteiger partial charge in [0.2, 0.25) is 0 Å². The van der Waals surface area contributed by atoms with Crippen molar-refractivity contribution in [2.24, 2.45) is 0 Å². The monoisotopic (exact) mass is 301 g/mol. The lowest BCUT2D eigenvalue weighted by Gasteiger charge is -2.16. The predicted octanol–water partition coefficient (Wildman–Crippen LogP) is 2.97. The number of hydrogen-bond donors (Lipinski definition) is 0. The summed E-state index contributed by atoms with van der Waals surface area (Å²) in [6, 6.07) is 13.0. The second-order valence-electron chi connectivity index (χ2n) is 4.24. The van der Waals surface area contributed by atoms with Gasteiger partial charge >= 0.3 is 5.97 Å². The molecule has 2 aromatic rings. The van der Waals surface area contributed by atoms with Crippen LogP contribution in [0.1, 0.15) is 4.88 Å². The zero-order valence-corrected chi connectivity index (χ0v) is 12.4. The van der Waals surface area contributed by atoms with Gasteiger partial charge in [0.1, 0.15) is 0 Å². The molecule has 0 fully saturated rings. The molecule has 0 spiro atoms.